The minimum Gasteiger partial charge on any atom is -0.756 e. The van der Waals surface area contributed by atoms with Crippen LogP contribution in [0.5, 0.6) is 0 Å². The number of phosphoric ester groups is 1. The van der Waals surface area contributed by atoms with Crippen LogP contribution in [0.15, 0.2) is 72.9 Å². The molecule has 0 aliphatic heterocycles. The van der Waals surface area contributed by atoms with Crippen molar-refractivity contribution in [1.29, 1.82) is 0 Å². The van der Waals surface area contributed by atoms with Gasteiger partial charge in [0.1, 0.15) is 19.8 Å². The number of hydrogen-bond donors (Lipinski definition) is 1. The van der Waals surface area contributed by atoms with Crippen LogP contribution in [0.4, 0.5) is 0 Å². The van der Waals surface area contributed by atoms with Crippen molar-refractivity contribution in [3.63, 3.8) is 0 Å². The van der Waals surface area contributed by atoms with Gasteiger partial charge in [-0.1, -0.05) is 170 Å². The van der Waals surface area contributed by atoms with Gasteiger partial charge in [0.2, 0.25) is 0 Å². The SMILES string of the molecule is CC/C=C\C/C=C\CC(O)/C=C/C=C\C/C=C\C/C=C\CCC(=O)O[C@H](COC(=O)CCCCCCCCCCCCCCCC)COP(=O)([O-])OCC[N+](C)(C)C. The maximum absolute atomic E-state index is 12.6. The lowest BCUT2D eigenvalue weighted by Crippen LogP contribution is -2.37. The Labute approximate surface area is 353 Å². The Morgan fingerprint density at radius 3 is 1.81 bits per heavy atom. The summed E-state index contributed by atoms with van der Waals surface area (Å²) in [7, 11) is 1.08. The minimum atomic E-state index is -4.66. The van der Waals surface area contributed by atoms with Crippen molar-refractivity contribution in [2.75, 3.05) is 47.5 Å². The summed E-state index contributed by atoms with van der Waals surface area (Å²) < 4.78 is 33.8. The second-order valence-electron chi connectivity index (χ2n) is 15.9. The van der Waals surface area contributed by atoms with E-state index in [1.807, 2.05) is 69.8 Å². The average molecular weight is 836 g/mol. The van der Waals surface area contributed by atoms with Gasteiger partial charge in [0, 0.05) is 12.8 Å². The number of phosphoric acid groups is 1. The van der Waals surface area contributed by atoms with Gasteiger partial charge in [-0.25, -0.2) is 0 Å². The van der Waals surface area contributed by atoms with E-state index in [0.29, 0.717) is 36.7 Å². The molecule has 0 aliphatic carbocycles. The lowest BCUT2D eigenvalue weighted by molar-refractivity contribution is -0.870. The van der Waals surface area contributed by atoms with Crippen molar-refractivity contribution in [2.45, 2.75) is 167 Å². The Bertz CT molecular complexity index is 1230. The standard InChI is InChI=1S/C47H82NO9P/c1-6-8-10-12-14-15-16-17-18-19-23-26-30-34-38-46(50)54-42-45(43-56-58(52,53)55-41-40-48(3,4)5)57-47(51)39-35-31-27-24-21-20-22-25-29-33-37-44(49)36-32-28-13-11-9-7-2/h9,11,20-21,25,27-29,31-33,37,44-45,49H,6-8,10,12-19,22-24,26,30,34-36,38-43H2,1-5H3/b11-9-,21-20-,29-25-,31-27-,32-28-,37-33+/t44?,45-/m1/s1. The summed E-state index contributed by atoms with van der Waals surface area (Å²) in [6.07, 6.45) is 44.0. The van der Waals surface area contributed by atoms with Crippen LogP contribution in [-0.2, 0) is 32.7 Å². The lowest BCUT2D eigenvalue weighted by atomic mass is 10.0. The second kappa shape index (κ2) is 38.6. The molecule has 0 aromatic carbocycles. The predicted molar refractivity (Wildman–Crippen MR) is 237 cm³/mol. The summed E-state index contributed by atoms with van der Waals surface area (Å²) in [5, 5.41) is 10.0. The molecule has 0 saturated carbocycles. The number of aliphatic hydroxyl groups is 1. The number of quaternary nitrogens is 1. The van der Waals surface area contributed by atoms with Gasteiger partial charge in [-0.15, -0.1) is 0 Å². The normalized spacial score (nSPS) is 14.8. The molecule has 0 bridgehead atoms. The Kier molecular flexibility index (Phi) is 36.9. The largest absolute Gasteiger partial charge is 0.756 e. The van der Waals surface area contributed by atoms with E-state index in [4.69, 9.17) is 18.5 Å². The fourth-order valence-corrected chi connectivity index (χ4v) is 6.32. The molecule has 0 radical (unpaired) electrons. The quantitative estimate of drug-likeness (QED) is 0.0160. The summed E-state index contributed by atoms with van der Waals surface area (Å²) in [6.45, 7) is 3.93. The number of nitrogens with zero attached hydrogens (tertiary/aromatic N) is 1. The first-order chi connectivity index (χ1) is 27.9. The molecule has 58 heavy (non-hydrogen) atoms. The number of carbonyl (C=O) groups is 2. The maximum Gasteiger partial charge on any atom is 0.306 e. The number of aliphatic hydroxyl groups excluding tert-OH is 1. The van der Waals surface area contributed by atoms with Gasteiger partial charge >= 0.3 is 11.9 Å². The van der Waals surface area contributed by atoms with Crippen molar-refractivity contribution in [1.82, 2.24) is 0 Å². The van der Waals surface area contributed by atoms with Gasteiger partial charge in [0.25, 0.3) is 7.82 Å². The van der Waals surface area contributed by atoms with Crippen LogP contribution < -0.4 is 4.89 Å². The smallest absolute Gasteiger partial charge is 0.306 e. The molecule has 0 aromatic rings. The highest BCUT2D eigenvalue weighted by Crippen LogP contribution is 2.38. The van der Waals surface area contributed by atoms with Crippen molar-refractivity contribution in [3.05, 3.63) is 72.9 Å². The first-order valence-electron chi connectivity index (χ1n) is 22.3. The number of rotatable bonds is 39. The number of allylic oxidation sites excluding steroid dienone is 10. The number of likely N-dealkylation sites (N-methyl/N-ethyl adjacent to an activating group) is 1. The van der Waals surface area contributed by atoms with Crippen LogP contribution in [0.1, 0.15) is 155 Å². The highest BCUT2D eigenvalue weighted by molar-refractivity contribution is 7.45. The molecule has 0 aromatic heterocycles. The molecule has 10 nitrogen and oxygen atoms in total. The highest BCUT2D eigenvalue weighted by atomic mass is 31.2. The van der Waals surface area contributed by atoms with E-state index in [0.717, 1.165) is 32.1 Å². The van der Waals surface area contributed by atoms with Crippen LogP contribution in [0, 0.1) is 0 Å². The molecular weight excluding hydrogens is 753 g/mol. The maximum atomic E-state index is 12.6. The summed E-state index contributed by atoms with van der Waals surface area (Å²) in [5.41, 5.74) is 0. The van der Waals surface area contributed by atoms with E-state index in [1.165, 1.54) is 70.6 Å². The molecule has 1 N–H and O–H groups in total. The van der Waals surface area contributed by atoms with Gasteiger partial charge in [-0.3, -0.25) is 14.2 Å². The topological polar surface area (TPSA) is 131 Å². The van der Waals surface area contributed by atoms with Crippen molar-refractivity contribution < 1.29 is 47.2 Å². The Morgan fingerprint density at radius 2 is 1.21 bits per heavy atom. The van der Waals surface area contributed by atoms with E-state index >= 15 is 0 Å². The van der Waals surface area contributed by atoms with E-state index in [9.17, 15) is 24.2 Å². The van der Waals surface area contributed by atoms with Crippen LogP contribution in [0.2, 0.25) is 0 Å². The van der Waals surface area contributed by atoms with E-state index in [1.54, 1.807) is 6.08 Å². The summed E-state index contributed by atoms with van der Waals surface area (Å²) >= 11 is 0. The summed E-state index contributed by atoms with van der Waals surface area (Å²) in [4.78, 5) is 37.5. The second-order valence-corrected chi connectivity index (χ2v) is 17.3. The molecule has 0 heterocycles. The third kappa shape index (κ3) is 41.6. The molecular formula is C47H82NO9P. The lowest BCUT2D eigenvalue weighted by Gasteiger charge is -2.28. The number of hydrogen-bond acceptors (Lipinski definition) is 9. The van der Waals surface area contributed by atoms with Crippen molar-refractivity contribution in [3.8, 4) is 0 Å². The predicted octanol–water partition coefficient (Wildman–Crippen LogP) is 11.0. The van der Waals surface area contributed by atoms with E-state index in [-0.39, 0.29) is 26.1 Å². The molecule has 2 unspecified atom stereocenters. The molecule has 0 saturated heterocycles. The van der Waals surface area contributed by atoms with Crippen LogP contribution >= 0.6 is 7.82 Å². The molecule has 334 valence electrons. The number of ether oxygens (including phenoxy) is 2. The monoisotopic (exact) mass is 836 g/mol. The van der Waals surface area contributed by atoms with Crippen molar-refractivity contribution in [2.24, 2.45) is 0 Å². The highest BCUT2D eigenvalue weighted by Gasteiger charge is 2.21. The molecule has 0 fully saturated rings. The van der Waals surface area contributed by atoms with Gasteiger partial charge in [0.05, 0.1) is 33.9 Å². The van der Waals surface area contributed by atoms with Gasteiger partial charge in [0.15, 0.2) is 6.10 Å². The van der Waals surface area contributed by atoms with Crippen LogP contribution in [0.25, 0.3) is 0 Å². The first kappa shape index (κ1) is 55.4. The fraction of sp³-hybridized carbons (Fsp3) is 0.702. The molecule has 0 aliphatic rings. The van der Waals surface area contributed by atoms with E-state index < -0.39 is 38.6 Å². The van der Waals surface area contributed by atoms with E-state index in [2.05, 4.69) is 32.1 Å². The number of carbonyl (C=O) groups excluding carboxylic acids is 2. The molecule has 11 heteroatoms. The molecule has 0 spiro atoms. The summed E-state index contributed by atoms with van der Waals surface area (Å²) in [6, 6.07) is 0. The zero-order valence-corrected chi connectivity index (χ0v) is 38.0. The molecule has 0 rings (SSSR count). The van der Waals surface area contributed by atoms with Gasteiger partial charge in [-0.05, 0) is 44.9 Å². The first-order valence-corrected chi connectivity index (χ1v) is 23.7. The molecule has 0 amide bonds. The third-order valence-corrected chi connectivity index (χ3v) is 10.0. The minimum absolute atomic E-state index is 0.0559. The zero-order valence-electron chi connectivity index (χ0n) is 37.1. The molecule has 3 atom stereocenters. The Balaban J connectivity index is 4.55. The van der Waals surface area contributed by atoms with Crippen molar-refractivity contribution >= 4 is 19.8 Å². The van der Waals surface area contributed by atoms with Gasteiger partial charge < -0.3 is 33.0 Å². The number of unbranched alkanes of at least 4 members (excludes halogenated alkanes) is 13. The summed E-state index contributed by atoms with van der Waals surface area (Å²) in [5.74, 6) is -0.965. The zero-order chi connectivity index (χ0) is 43.0. The third-order valence-electron chi connectivity index (χ3n) is 9.08. The fourth-order valence-electron chi connectivity index (χ4n) is 5.59. The van der Waals surface area contributed by atoms with Crippen LogP contribution in [-0.4, -0.2) is 81.2 Å². The Morgan fingerprint density at radius 1 is 0.655 bits per heavy atom. The van der Waals surface area contributed by atoms with Gasteiger partial charge in [-0.2, -0.15) is 0 Å². The number of esters is 2. The van der Waals surface area contributed by atoms with Crippen LogP contribution in [0.3, 0.4) is 0 Å². The average Bonchev–Trinajstić information content (AvgIpc) is 3.17. The Hall–Kier alpha value is -2.59.